The summed E-state index contributed by atoms with van der Waals surface area (Å²) < 4.78 is 0. The lowest BCUT2D eigenvalue weighted by Crippen LogP contribution is -2.30. The molecule has 0 bridgehead atoms. The van der Waals surface area contributed by atoms with Gasteiger partial charge in [0.25, 0.3) is 5.91 Å². The van der Waals surface area contributed by atoms with Crippen LogP contribution in [0.2, 0.25) is 0 Å². The van der Waals surface area contributed by atoms with E-state index in [1.54, 1.807) is 36.7 Å². The lowest BCUT2D eigenvalue weighted by molar-refractivity contribution is -0.117. The van der Waals surface area contributed by atoms with Crippen molar-refractivity contribution in [2.75, 3.05) is 11.4 Å². The number of aromatic nitrogens is 1. The minimum Gasteiger partial charge on any atom is -0.341 e. The smallest absolute Gasteiger partial charge is 0.329 e. The second kappa shape index (κ2) is 8.16. The van der Waals surface area contributed by atoms with E-state index in [-0.39, 0.29) is 24.4 Å². The maximum atomic E-state index is 13.0. The molecule has 0 saturated carbocycles. The van der Waals surface area contributed by atoms with E-state index in [0.717, 1.165) is 16.7 Å². The number of nitrogens with zero attached hydrogens (tertiary/aromatic N) is 2. The van der Waals surface area contributed by atoms with Gasteiger partial charge in [-0.05, 0) is 60.0 Å². The van der Waals surface area contributed by atoms with Gasteiger partial charge in [-0.2, -0.15) is 0 Å². The van der Waals surface area contributed by atoms with Crippen LogP contribution in [0.1, 0.15) is 33.1 Å². The quantitative estimate of drug-likeness (QED) is 0.644. The Bertz CT molecular complexity index is 1100. The number of anilines is 1. The number of imide groups is 1. The van der Waals surface area contributed by atoms with Crippen LogP contribution in [-0.4, -0.2) is 29.4 Å². The topological polar surface area (TPSA) is 91.4 Å². The summed E-state index contributed by atoms with van der Waals surface area (Å²) in [6.45, 7) is 1.98. The molecule has 1 aliphatic heterocycles. The molecule has 7 heteroatoms. The summed E-state index contributed by atoms with van der Waals surface area (Å²) in [5, 5.41) is 5.33. The molecule has 2 N–H and O–H groups in total. The Hall–Kier alpha value is -4.00. The molecule has 0 radical (unpaired) electrons. The number of benzene rings is 2. The minimum atomic E-state index is -0.463. The average molecular weight is 400 g/mol. The molecule has 0 unspecified atom stereocenters. The van der Waals surface area contributed by atoms with Crippen molar-refractivity contribution in [2.45, 2.75) is 13.0 Å². The fourth-order valence-electron chi connectivity index (χ4n) is 3.46. The number of carbonyl (C=O) groups is 3. The van der Waals surface area contributed by atoms with Gasteiger partial charge in [0.05, 0.1) is 6.04 Å². The van der Waals surface area contributed by atoms with Gasteiger partial charge in [-0.1, -0.05) is 24.3 Å². The third-order valence-corrected chi connectivity index (χ3v) is 5.05. The standard InChI is InChI=1S/C23H20N4O3/c1-15-4-2-3-5-19(15)21(16-10-12-24-13-11-16)26-22(29)17-6-8-18(9-7-17)27-14-20(28)25-23(27)30/h2-13,21H,14H2,1H3,(H,26,29)(H,25,28,30)/t21-/m1/s1. The van der Waals surface area contributed by atoms with E-state index in [1.807, 2.05) is 43.3 Å². The van der Waals surface area contributed by atoms with Gasteiger partial charge < -0.3 is 5.32 Å². The monoisotopic (exact) mass is 400 g/mol. The molecule has 4 rings (SSSR count). The Morgan fingerprint density at radius 3 is 2.37 bits per heavy atom. The van der Waals surface area contributed by atoms with Gasteiger partial charge in [-0.3, -0.25) is 24.8 Å². The Labute approximate surface area is 173 Å². The van der Waals surface area contributed by atoms with Crippen LogP contribution in [0.5, 0.6) is 0 Å². The van der Waals surface area contributed by atoms with Gasteiger partial charge in [0.2, 0.25) is 5.91 Å². The number of hydrogen-bond acceptors (Lipinski definition) is 4. The maximum Gasteiger partial charge on any atom is 0.329 e. The van der Waals surface area contributed by atoms with E-state index in [0.29, 0.717) is 11.3 Å². The van der Waals surface area contributed by atoms with Crippen molar-refractivity contribution in [3.63, 3.8) is 0 Å². The van der Waals surface area contributed by atoms with Crippen molar-refractivity contribution in [3.8, 4) is 0 Å². The summed E-state index contributed by atoms with van der Waals surface area (Å²) in [6, 6.07) is 17.5. The normalized spacial score (nSPS) is 14.4. The summed E-state index contributed by atoms with van der Waals surface area (Å²) in [6.07, 6.45) is 3.40. The molecule has 4 amide bonds. The zero-order chi connectivity index (χ0) is 21.1. The molecule has 3 aromatic rings. The van der Waals surface area contributed by atoms with E-state index >= 15 is 0 Å². The van der Waals surface area contributed by atoms with E-state index in [2.05, 4.69) is 15.6 Å². The Balaban J connectivity index is 1.58. The van der Waals surface area contributed by atoms with Crippen molar-refractivity contribution in [2.24, 2.45) is 0 Å². The predicted octanol–water partition coefficient (Wildman–Crippen LogP) is 2.97. The minimum absolute atomic E-state index is 0.0260. The maximum absolute atomic E-state index is 13.0. The van der Waals surface area contributed by atoms with Crippen molar-refractivity contribution in [3.05, 3.63) is 95.3 Å². The van der Waals surface area contributed by atoms with Gasteiger partial charge in [-0.15, -0.1) is 0 Å². The highest BCUT2D eigenvalue weighted by Gasteiger charge is 2.28. The molecular formula is C23H20N4O3. The third-order valence-electron chi connectivity index (χ3n) is 5.05. The van der Waals surface area contributed by atoms with Crippen LogP contribution in [0.15, 0.2) is 73.1 Å². The molecule has 1 aromatic heterocycles. The largest absolute Gasteiger partial charge is 0.341 e. The molecule has 2 aromatic carbocycles. The van der Waals surface area contributed by atoms with Crippen LogP contribution in [0, 0.1) is 6.92 Å². The highest BCUT2D eigenvalue weighted by atomic mass is 16.2. The summed E-state index contributed by atoms with van der Waals surface area (Å²) in [7, 11) is 0. The Morgan fingerprint density at radius 2 is 1.73 bits per heavy atom. The van der Waals surface area contributed by atoms with Gasteiger partial charge in [0.1, 0.15) is 6.54 Å². The lowest BCUT2D eigenvalue weighted by atomic mass is 9.95. The number of urea groups is 1. The molecule has 1 aliphatic rings. The number of pyridine rings is 1. The number of nitrogens with one attached hydrogen (secondary N) is 2. The summed E-state index contributed by atoms with van der Waals surface area (Å²) in [5.74, 6) is -0.589. The van der Waals surface area contributed by atoms with E-state index < -0.39 is 6.03 Å². The number of rotatable bonds is 5. The first-order valence-electron chi connectivity index (χ1n) is 9.50. The first kappa shape index (κ1) is 19.3. The predicted molar refractivity (Wildman–Crippen MR) is 112 cm³/mol. The second-order valence-corrected chi connectivity index (χ2v) is 7.03. The van der Waals surface area contributed by atoms with Crippen molar-refractivity contribution >= 4 is 23.5 Å². The van der Waals surface area contributed by atoms with Crippen LogP contribution >= 0.6 is 0 Å². The molecule has 2 heterocycles. The lowest BCUT2D eigenvalue weighted by Gasteiger charge is -2.22. The summed E-state index contributed by atoms with van der Waals surface area (Å²) >= 11 is 0. The van der Waals surface area contributed by atoms with Crippen LogP contribution in [0.4, 0.5) is 10.5 Å². The molecule has 1 atom stereocenters. The first-order chi connectivity index (χ1) is 14.5. The fraction of sp³-hybridized carbons (Fsp3) is 0.130. The fourth-order valence-corrected chi connectivity index (χ4v) is 3.46. The second-order valence-electron chi connectivity index (χ2n) is 7.03. The first-order valence-corrected chi connectivity index (χ1v) is 9.50. The van der Waals surface area contributed by atoms with Crippen molar-refractivity contribution in [1.29, 1.82) is 0 Å². The highest BCUT2D eigenvalue weighted by Crippen LogP contribution is 2.25. The van der Waals surface area contributed by atoms with Crippen molar-refractivity contribution < 1.29 is 14.4 Å². The third kappa shape index (κ3) is 3.91. The van der Waals surface area contributed by atoms with Crippen LogP contribution < -0.4 is 15.5 Å². The van der Waals surface area contributed by atoms with E-state index in [9.17, 15) is 14.4 Å². The zero-order valence-electron chi connectivity index (χ0n) is 16.3. The molecule has 150 valence electrons. The molecular weight excluding hydrogens is 380 g/mol. The van der Waals surface area contributed by atoms with E-state index in [1.165, 1.54) is 4.90 Å². The van der Waals surface area contributed by atoms with Crippen LogP contribution in [0.25, 0.3) is 0 Å². The molecule has 1 fully saturated rings. The Morgan fingerprint density at radius 1 is 1.03 bits per heavy atom. The number of hydrogen-bond donors (Lipinski definition) is 2. The van der Waals surface area contributed by atoms with Gasteiger partial charge in [0.15, 0.2) is 0 Å². The molecule has 0 spiro atoms. The van der Waals surface area contributed by atoms with Crippen LogP contribution in [0.3, 0.4) is 0 Å². The number of carbonyl (C=O) groups excluding carboxylic acids is 3. The van der Waals surface area contributed by atoms with Gasteiger partial charge >= 0.3 is 6.03 Å². The zero-order valence-corrected chi connectivity index (χ0v) is 16.3. The van der Waals surface area contributed by atoms with Gasteiger partial charge in [0, 0.05) is 23.6 Å². The molecule has 1 saturated heterocycles. The van der Waals surface area contributed by atoms with Crippen LogP contribution in [-0.2, 0) is 4.79 Å². The van der Waals surface area contributed by atoms with E-state index in [4.69, 9.17) is 0 Å². The Kier molecular flexibility index (Phi) is 5.26. The average Bonchev–Trinajstić information content (AvgIpc) is 3.11. The number of amides is 4. The number of aryl methyl sites for hydroxylation is 1. The molecule has 0 aliphatic carbocycles. The van der Waals surface area contributed by atoms with Crippen molar-refractivity contribution in [1.82, 2.24) is 15.6 Å². The SMILES string of the molecule is Cc1ccccc1[C@H](NC(=O)c1ccc(N2CC(=O)NC2=O)cc1)c1ccncc1. The van der Waals surface area contributed by atoms with Gasteiger partial charge in [-0.25, -0.2) is 4.79 Å². The summed E-state index contributed by atoms with van der Waals surface area (Å²) in [4.78, 5) is 41.6. The summed E-state index contributed by atoms with van der Waals surface area (Å²) in [5.41, 5.74) is 4.01. The molecule has 30 heavy (non-hydrogen) atoms. The highest BCUT2D eigenvalue weighted by molar-refractivity contribution is 6.12. The molecule has 7 nitrogen and oxygen atoms in total.